The van der Waals surface area contributed by atoms with Crippen LogP contribution in [0.3, 0.4) is 0 Å². The topological polar surface area (TPSA) is 109 Å². The van der Waals surface area contributed by atoms with E-state index in [1.807, 2.05) is 34.9 Å². The molecule has 1 heterocycles. The highest BCUT2D eigenvalue weighted by molar-refractivity contribution is 6.30. The number of hydrogen-bond donors (Lipinski definition) is 2. The van der Waals surface area contributed by atoms with Crippen molar-refractivity contribution >= 4 is 23.6 Å². The molecule has 0 aliphatic rings. The van der Waals surface area contributed by atoms with E-state index in [9.17, 15) is 24.6 Å². The molecule has 1 aromatic heterocycles. The van der Waals surface area contributed by atoms with E-state index in [1.54, 1.807) is 30.3 Å². The van der Waals surface area contributed by atoms with Gasteiger partial charge in [-0.15, -0.1) is 0 Å². The number of rotatable bonds is 10. The highest BCUT2D eigenvalue weighted by Crippen LogP contribution is 2.27. The summed E-state index contributed by atoms with van der Waals surface area (Å²) in [6.45, 7) is 2.45. The molecule has 0 spiro atoms. The Morgan fingerprint density at radius 1 is 1.03 bits per heavy atom. The molecule has 0 atom stereocenters. The van der Waals surface area contributed by atoms with Crippen molar-refractivity contribution in [3.63, 3.8) is 0 Å². The first-order valence-corrected chi connectivity index (χ1v) is 12.0. The van der Waals surface area contributed by atoms with Gasteiger partial charge in [0.1, 0.15) is 5.82 Å². The summed E-state index contributed by atoms with van der Waals surface area (Å²) in [4.78, 5) is 39.7. The largest absolute Gasteiger partial charge is 0.503 e. The molecule has 0 saturated carbocycles. The number of halogens is 1. The van der Waals surface area contributed by atoms with Crippen LogP contribution in [0.4, 0.5) is 0 Å². The maximum absolute atomic E-state index is 12.1. The fourth-order valence-corrected chi connectivity index (χ4v) is 4.35. The second kappa shape index (κ2) is 10.7. The molecule has 0 bridgehead atoms. The molecule has 3 aromatic carbocycles. The minimum atomic E-state index is -1.03. The van der Waals surface area contributed by atoms with Crippen molar-refractivity contribution in [1.82, 2.24) is 9.55 Å². The molecule has 4 rings (SSSR count). The number of carboxylic acid groups (broad SMARTS) is 1. The maximum atomic E-state index is 12.1. The fraction of sp³-hybridized carbons (Fsp3) is 0.214. The van der Waals surface area contributed by atoms with Gasteiger partial charge in [-0.25, -0.2) is 9.78 Å². The number of benzene rings is 2. The van der Waals surface area contributed by atoms with E-state index in [0.29, 0.717) is 24.2 Å². The lowest BCUT2D eigenvalue weighted by Gasteiger charge is -2.13. The van der Waals surface area contributed by atoms with Crippen LogP contribution in [0.25, 0.3) is 17.2 Å². The van der Waals surface area contributed by atoms with E-state index in [2.05, 4.69) is 11.9 Å². The first-order chi connectivity index (χ1) is 17.3. The zero-order chi connectivity index (χ0) is 25.8. The normalized spacial score (nSPS) is 11.8. The summed E-state index contributed by atoms with van der Waals surface area (Å²) in [7, 11) is 0. The van der Waals surface area contributed by atoms with Gasteiger partial charge in [-0.1, -0.05) is 79.5 Å². The molecule has 8 heteroatoms. The van der Waals surface area contributed by atoms with Crippen molar-refractivity contribution in [1.29, 1.82) is 0 Å². The van der Waals surface area contributed by atoms with Gasteiger partial charge in [-0.2, -0.15) is 0 Å². The lowest BCUT2D eigenvalue weighted by molar-refractivity contribution is -0.132. The lowest BCUT2D eigenvalue weighted by Crippen LogP contribution is -2.31. The molecule has 36 heavy (non-hydrogen) atoms. The van der Waals surface area contributed by atoms with Crippen molar-refractivity contribution in [3.8, 4) is 16.9 Å². The van der Waals surface area contributed by atoms with Crippen LogP contribution in [-0.4, -0.2) is 25.7 Å². The zero-order valence-electron chi connectivity index (χ0n) is 19.7. The van der Waals surface area contributed by atoms with Crippen LogP contribution in [-0.2, 0) is 24.2 Å². The van der Waals surface area contributed by atoms with Crippen LogP contribution in [0.1, 0.15) is 42.4 Å². The number of aromatic hydroxyl groups is 1. The summed E-state index contributed by atoms with van der Waals surface area (Å²) in [5, 5.41) is 19.8. The van der Waals surface area contributed by atoms with E-state index in [0.717, 1.165) is 29.8 Å². The van der Waals surface area contributed by atoms with Gasteiger partial charge in [0.25, 0.3) is 5.43 Å². The average Bonchev–Trinajstić information content (AvgIpc) is 3.17. The number of hydrogen-bond acceptors (Lipinski definition) is 5. The Balaban J connectivity index is 1.70. The summed E-state index contributed by atoms with van der Waals surface area (Å²) in [5.41, 5.74) is 1.36. The maximum Gasteiger partial charge on any atom is 0.331 e. The predicted molar refractivity (Wildman–Crippen MR) is 139 cm³/mol. The summed E-state index contributed by atoms with van der Waals surface area (Å²) in [6, 6.07) is 16.3. The second-order valence-electron chi connectivity index (χ2n) is 8.61. The first kappa shape index (κ1) is 25.1. The Labute approximate surface area is 212 Å². The smallest absolute Gasteiger partial charge is 0.331 e. The molecule has 0 aliphatic carbocycles. The van der Waals surface area contributed by atoms with Crippen LogP contribution >= 0.6 is 11.6 Å². The van der Waals surface area contributed by atoms with Gasteiger partial charge in [0, 0.05) is 25.0 Å². The number of nitrogens with zero attached hydrogens (tertiary/aromatic N) is 2. The van der Waals surface area contributed by atoms with E-state index >= 15 is 0 Å². The lowest BCUT2D eigenvalue weighted by atomic mass is 9.99. The Kier molecular flexibility index (Phi) is 7.50. The molecule has 4 aromatic rings. The zero-order valence-corrected chi connectivity index (χ0v) is 20.5. The average molecular weight is 505 g/mol. The molecule has 0 saturated heterocycles. The highest BCUT2D eigenvalue weighted by Gasteiger charge is 2.22. The molecular weight excluding hydrogens is 480 g/mol. The van der Waals surface area contributed by atoms with E-state index in [-0.39, 0.29) is 22.7 Å². The van der Waals surface area contributed by atoms with Gasteiger partial charge < -0.3 is 14.8 Å². The van der Waals surface area contributed by atoms with Gasteiger partial charge in [-0.05, 0) is 29.2 Å². The molecule has 7 nitrogen and oxygen atoms in total. The van der Waals surface area contributed by atoms with Gasteiger partial charge >= 0.3 is 5.97 Å². The van der Waals surface area contributed by atoms with Crippen molar-refractivity contribution in [2.75, 3.05) is 0 Å². The third-order valence-corrected chi connectivity index (χ3v) is 6.36. The summed E-state index contributed by atoms with van der Waals surface area (Å²) in [5.74, 6) is -0.792. The number of imidazole rings is 1. The molecule has 2 N–H and O–H groups in total. The van der Waals surface area contributed by atoms with Crippen molar-refractivity contribution in [3.05, 3.63) is 108 Å². The van der Waals surface area contributed by atoms with Gasteiger partial charge in [0.2, 0.25) is 5.43 Å². The number of aryl methyl sites for hydroxylation is 1. The van der Waals surface area contributed by atoms with Gasteiger partial charge in [0.05, 0.1) is 11.3 Å². The Hall–Kier alpha value is -3.97. The SMILES string of the molecule is CCCCc1nc(Cl)c(C=C(Cc2ccccc2)C(=O)O)n1Cc1ccc(-c2c(O)c(=O)c2=O)cc1. The monoisotopic (exact) mass is 504 g/mol. The minimum absolute atomic E-state index is 0.0245. The standard InChI is InChI=1S/C28H25ClN2O5/c1-2-3-9-22-30-27(29)21(15-20(28(35)36)14-17-7-5-4-6-8-17)31(22)16-18-10-12-19(13-11-18)23-24(32)26(34)25(23)33/h4-8,10-13,15,32H,2-3,9,14,16H2,1H3,(H,35,36). The summed E-state index contributed by atoms with van der Waals surface area (Å²) < 4.78 is 1.91. The van der Waals surface area contributed by atoms with E-state index in [1.165, 1.54) is 0 Å². The Bertz CT molecular complexity index is 1490. The van der Waals surface area contributed by atoms with E-state index in [4.69, 9.17) is 11.6 Å². The first-order valence-electron chi connectivity index (χ1n) is 11.6. The van der Waals surface area contributed by atoms with Gasteiger partial charge in [-0.3, -0.25) is 9.59 Å². The van der Waals surface area contributed by atoms with Crippen molar-refractivity contribution in [2.24, 2.45) is 0 Å². The fourth-order valence-electron chi connectivity index (χ4n) is 4.10. The number of aliphatic carboxylic acids is 1. The third kappa shape index (κ3) is 5.16. The quantitative estimate of drug-likeness (QED) is 0.241. The third-order valence-electron chi connectivity index (χ3n) is 6.09. The minimum Gasteiger partial charge on any atom is -0.503 e. The number of carbonyl (C=O) groups is 1. The van der Waals surface area contributed by atoms with Crippen LogP contribution in [0.2, 0.25) is 5.15 Å². The van der Waals surface area contributed by atoms with Crippen LogP contribution < -0.4 is 10.9 Å². The molecule has 184 valence electrons. The van der Waals surface area contributed by atoms with Gasteiger partial charge in [0.15, 0.2) is 10.9 Å². The molecular formula is C28H25ClN2O5. The Morgan fingerprint density at radius 3 is 2.33 bits per heavy atom. The molecule has 0 fully saturated rings. The molecule has 0 radical (unpaired) electrons. The predicted octanol–water partition coefficient (Wildman–Crippen LogP) is 4.61. The molecule has 0 amide bonds. The second-order valence-corrected chi connectivity index (χ2v) is 8.97. The van der Waals surface area contributed by atoms with Crippen LogP contribution in [0, 0.1) is 0 Å². The summed E-state index contributed by atoms with van der Waals surface area (Å²) in [6.07, 6.45) is 4.36. The van der Waals surface area contributed by atoms with Crippen molar-refractivity contribution < 1.29 is 15.0 Å². The number of unbranched alkanes of at least 4 members (excludes halogenated alkanes) is 1. The highest BCUT2D eigenvalue weighted by atomic mass is 35.5. The molecule has 0 aliphatic heterocycles. The Morgan fingerprint density at radius 2 is 1.72 bits per heavy atom. The summed E-state index contributed by atoms with van der Waals surface area (Å²) >= 11 is 6.51. The number of aromatic nitrogens is 2. The van der Waals surface area contributed by atoms with Crippen LogP contribution in [0.15, 0.2) is 69.8 Å². The molecule has 0 unspecified atom stereocenters. The van der Waals surface area contributed by atoms with Crippen LogP contribution in [0.5, 0.6) is 5.75 Å². The number of carboxylic acids is 1. The van der Waals surface area contributed by atoms with E-state index < -0.39 is 22.6 Å². The van der Waals surface area contributed by atoms with Crippen molar-refractivity contribution in [2.45, 2.75) is 39.2 Å².